The topological polar surface area (TPSA) is 61.1 Å². The van der Waals surface area contributed by atoms with Crippen LogP contribution < -0.4 is 5.73 Å². The molecule has 0 bridgehead atoms. The van der Waals surface area contributed by atoms with Crippen molar-refractivity contribution in [3.05, 3.63) is 35.2 Å². The van der Waals surface area contributed by atoms with Gasteiger partial charge in [0.05, 0.1) is 5.69 Å². The summed E-state index contributed by atoms with van der Waals surface area (Å²) in [4.78, 5) is 5.02. The van der Waals surface area contributed by atoms with Crippen LogP contribution >= 0.6 is 11.3 Å². The molecule has 3 aromatic heterocycles. The largest absolute Gasteiger partial charge is 0.435 e. The third-order valence-electron chi connectivity index (χ3n) is 2.82. The summed E-state index contributed by atoms with van der Waals surface area (Å²) in [7, 11) is 0. The summed E-state index contributed by atoms with van der Waals surface area (Å²) in [6.45, 7) is 0.379. The number of nitrogens with zero attached hydrogens (tertiary/aromatic N) is 4. The molecule has 9 heteroatoms. The number of fused-ring (bicyclic) bond motifs is 1. The molecule has 2 N–H and O–H groups in total. The monoisotopic (exact) mass is 301 g/mol. The van der Waals surface area contributed by atoms with Gasteiger partial charge in [0.15, 0.2) is 16.5 Å². The molecule has 0 amide bonds. The van der Waals surface area contributed by atoms with Crippen LogP contribution in [0.15, 0.2) is 23.8 Å². The Kier molecular flexibility index (Phi) is 3.02. The SMILES string of the molecule is NCCc1c(-n2ccc(C(F)(F)F)n2)nc2sccn12. The number of thiazole rings is 1. The van der Waals surface area contributed by atoms with Crippen LogP contribution in [0.3, 0.4) is 0 Å². The lowest BCUT2D eigenvalue weighted by Gasteiger charge is -2.03. The van der Waals surface area contributed by atoms with E-state index in [2.05, 4.69) is 10.1 Å². The average Bonchev–Trinajstić information content (AvgIpc) is 3.03. The Hall–Kier alpha value is -1.87. The standard InChI is InChI=1S/C11H10F3N5S/c12-11(13,14)8-2-4-19(17-8)9-7(1-3-15)18-5-6-20-10(18)16-9/h2,4-6H,1,3,15H2. The molecule has 0 aromatic carbocycles. The average molecular weight is 301 g/mol. The molecule has 106 valence electrons. The smallest absolute Gasteiger partial charge is 0.330 e. The van der Waals surface area contributed by atoms with Crippen molar-refractivity contribution in [3.8, 4) is 5.82 Å². The molecular formula is C11H10F3N5S. The highest BCUT2D eigenvalue weighted by Gasteiger charge is 2.34. The molecule has 0 saturated heterocycles. The van der Waals surface area contributed by atoms with Gasteiger partial charge in [-0.1, -0.05) is 0 Å². The molecule has 3 rings (SSSR count). The quantitative estimate of drug-likeness (QED) is 0.806. The van der Waals surface area contributed by atoms with E-state index in [0.29, 0.717) is 23.7 Å². The number of hydrogen-bond acceptors (Lipinski definition) is 4. The summed E-state index contributed by atoms with van der Waals surface area (Å²) in [5.41, 5.74) is 5.37. The lowest BCUT2D eigenvalue weighted by Crippen LogP contribution is -2.10. The fourth-order valence-corrected chi connectivity index (χ4v) is 2.69. The molecule has 0 aliphatic heterocycles. The predicted molar refractivity (Wildman–Crippen MR) is 68.0 cm³/mol. The van der Waals surface area contributed by atoms with Crippen LogP contribution in [0.4, 0.5) is 13.2 Å². The molecule has 0 atom stereocenters. The van der Waals surface area contributed by atoms with E-state index in [9.17, 15) is 13.2 Å². The maximum atomic E-state index is 12.6. The molecule has 0 aliphatic carbocycles. The van der Waals surface area contributed by atoms with Crippen LogP contribution in [0.2, 0.25) is 0 Å². The molecule has 3 heterocycles. The van der Waals surface area contributed by atoms with Gasteiger partial charge >= 0.3 is 6.18 Å². The van der Waals surface area contributed by atoms with Gasteiger partial charge in [0.1, 0.15) is 0 Å². The second-order valence-electron chi connectivity index (χ2n) is 4.12. The summed E-state index contributed by atoms with van der Waals surface area (Å²) in [6.07, 6.45) is -0.879. The van der Waals surface area contributed by atoms with E-state index in [0.717, 1.165) is 16.4 Å². The van der Waals surface area contributed by atoms with Gasteiger partial charge in [-0.05, 0) is 12.6 Å². The van der Waals surface area contributed by atoms with Gasteiger partial charge < -0.3 is 5.73 Å². The van der Waals surface area contributed by atoms with Gasteiger partial charge in [-0.2, -0.15) is 23.3 Å². The van der Waals surface area contributed by atoms with E-state index in [4.69, 9.17) is 5.73 Å². The van der Waals surface area contributed by atoms with Crippen LogP contribution in [0, 0.1) is 0 Å². The van der Waals surface area contributed by atoms with E-state index in [1.807, 2.05) is 16.0 Å². The Labute approximate surface area is 115 Å². The minimum absolute atomic E-state index is 0.379. The van der Waals surface area contributed by atoms with Crippen molar-refractivity contribution in [2.75, 3.05) is 6.54 Å². The molecule has 0 aliphatic rings. The lowest BCUT2D eigenvalue weighted by atomic mass is 10.3. The molecule has 3 aromatic rings. The first-order valence-electron chi connectivity index (χ1n) is 5.78. The summed E-state index contributed by atoms with van der Waals surface area (Å²) in [6, 6.07) is 0.930. The first-order chi connectivity index (χ1) is 9.50. The maximum Gasteiger partial charge on any atom is 0.435 e. The number of alkyl halides is 3. The van der Waals surface area contributed by atoms with Gasteiger partial charge in [-0.3, -0.25) is 4.40 Å². The van der Waals surface area contributed by atoms with Crippen LogP contribution in [0.5, 0.6) is 0 Å². The van der Waals surface area contributed by atoms with Gasteiger partial charge in [-0.15, -0.1) is 11.3 Å². The summed E-state index contributed by atoms with van der Waals surface area (Å²) < 4.78 is 40.7. The van der Waals surface area contributed by atoms with Crippen molar-refractivity contribution >= 4 is 16.3 Å². The lowest BCUT2D eigenvalue weighted by molar-refractivity contribution is -0.141. The molecule has 20 heavy (non-hydrogen) atoms. The van der Waals surface area contributed by atoms with Gasteiger partial charge in [0, 0.05) is 24.2 Å². The van der Waals surface area contributed by atoms with Crippen molar-refractivity contribution in [1.82, 2.24) is 19.2 Å². The highest BCUT2D eigenvalue weighted by Crippen LogP contribution is 2.28. The molecule has 0 unspecified atom stereocenters. The zero-order valence-corrected chi connectivity index (χ0v) is 10.9. The maximum absolute atomic E-state index is 12.6. The van der Waals surface area contributed by atoms with E-state index in [1.54, 1.807) is 0 Å². The second kappa shape index (κ2) is 4.60. The Morgan fingerprint density at radius 1 is 1.30 bits per heavy atom. The molecule has 0 spiro atoms. The van der Waals surface area contributed by atoms with E-state index < -0.39 is 11.9 Å². The van der Waals surface area contributed by atoms with Gasteiger partial charge in [-0.25, -0.2) is 4.68 Å². The number of nitrogens with two attached hydrogens (primary N) is 1. The normalized spacial score (nSPS) is 12.4. The minimum Gasteiger partial charge on any atom is -0.330 e. The highest BCUT2D eigenvalue weighted by molar-refractivity contribution is 7.15. The highest BCUT2D eigenvalue weighted by atomic mass is 32.1. The van der Waals surface area contributed by atoms with Crippen LogP contribution in [0.25, 0.3) is 10.8 Å². The number of aromatic nitrogens is 4. The Morgan fingerprint density at radius 2 is 2.10 bits per heavy atom. The predicted octanol–water partition coefficient (Wildman–Crippen LogP) is 2.10. The molecule has 0 saturated carbocycles. The van der Waals surface area contributed by atoms with Crippen LogP contribution in [-0.4, -0.2) is 25.7 Å². The van der Waals surface area contributed by atoms with Gasteiger partial charge in [0.2, 0.25) is 0 Å². The fourth-order valence-electron chi connectivity index (χ4n) is 1.97. The van der Waals surface area contributed by atoms with Crippen molar-refractivity contribution in [2.45, 2.75) is 12.6 Å². The second-order valence-corrected chi connectivity index (χ2v) is 4.99. The number of rotatable bonds is 3. The minimum atomic E-state index is -4.46. The molecule has 5 nitrogen and oxygen atoms in total. The summed E-state index contributed by atoms with van der Waals surface area (Å²) in [5, 5.41) is 5.41. The number of halogens is 3. The molecular weight excluding hydrogens is 291 g/mol. The fraction of sp³-hybridized carbons (Fsp3) is 0.273. The Balaban J connectivity index is 2.11. The molecule has 0 radical (unpaired) electrons. The van der Waals surface area contributed by atoms with Crippen molar-refractivity contribution in [2.24, 2.45) is 5.73 Å². The Morgan fingerprint density at radius 3 is 2.75 bits per heavy atom. The van der Waals surface area contributed by atoms with Crippen molar-refractivity contribution in [3.63, 3.8) is 0 Å². The zero-order chi connectivity index (χ0) is 14.3. The van der Waals surface area contributed by atoms with Crippen molar-refractivity contribution in [1.29, 1.82) is 0 Å². The summed E-state index contributed by atoms with van der Waals surface area (Å²) >= 11 is 1.40. The van der Waals surface area contributed by atoms with Crippen LogP contribution in [-0.2, 0) is 12.6 Å². The summed E-state index contributed by atoms with van der Waals surface area (Å²) in [5.74, 6) is 0.387. The number of imidazole rings is 1. The molecule has 0 fully saturated rings. The third-order valence-corrected chi connectivity index (χ3v) is 3.57. The Bertz CT molecular complexity index is 739. The first kappa shape index (κ1) is 13.1. The number of hydrogen-bond donors (Lipinski definition) is 1. The first-order valence-corrected chi connectivity index (χ1v) is 6.66. The van der Waals surface area contributed by atoms with Gasteiger partial charge in [0.25, 0.3) is 0 Å². The van der Waals surface area contributed by atoms with Crippen molar-refractivity contribution < 1.29 is 13.2 Å². The van der Waals surface area contributed by atoms with Crippen LogP contribution in [0.1, 0.15) is 11.4 Å². The third kappa shape index (κ3) is 2.08. The van der Waals surface area contributed by atoms with E-state index >= 15 is 0 Å². The van der Waals surface area contributed by atoms with E-state index in [-0.39, 0.29) is 0 Å². The van der Waals surface area contributed by atoms with E-state index in [1.165, 1.54) is 17.5 Å². The zero-order valence-electron chi connectivity index (χ0n) is 10.1.